The largest absolute Gasteiger partial charge is 0.213 e. The summed E-state index contributed by atoms with van der Waals surface area (Å²) in [5, 5.41) is 8.29. The molecular weight excluding hydrogens is 313 g/mol. The fourth-order valence-electron chi connectivity index (χ4n) is 1.64. The summed E-state index contributed by atoms with van der Waals surface area (Å²) in [6.07, 6.45) is 0. The molecule has 0 unspecified atom stereocenters. The molecule has 0 fully saturated rings. The molecule has 0 atom stereocenters. The number of halogens is 1. The van der Waals surface area contributed by atoms with Crippen LogP contribution in [0.25, 0.3) is 16.7 Å². The average Bonchev–Trinajstić information content (AvgIpc) is 2.74. The molecule has 3 aromatic rings. The van der Waals surface area contributed by atoms with E-state index < -0.39 is 0 Å². The number of para-hydroxylation sites is 1. The molecule has 4 heteroatoms. The smallest absolute Gasteiger partial charge is 0.113 e. The molecule has 1 heterocycles. The van der Waals surface area contributed by atoms with Crippen LogP contribution in [0.1, 0.15) is 0 Å². The van der Waals surface area contributed by atoms with Crippen LogP contribution < -0.4 is 0 Å². The molecule has 16 heavy (non-hydrogen) atoms. The van der Waals surface area contributed by atoms with Gasteiger partial charge in [0.2, 0.25) is 0 Å². The molecule has 0 aliphatic heterocycles. The highest BCUT2D eigenvalue weighted by atomic mass is 127. The molecular formula is C12H8IN3. The first-order valence-corrected chi connectivity index (χ1v) is 5.99. The quantitative estimate of drug-likeness (QED) is 0.645. The Kier molecular flexibility index (Phi) is 2.36. The molecule has 0 saturated heterocycles. The van der Waals surface area contributed by atoms with Gasteiger partial charge in [-0.3, -0.25) is 0 Å². The van der Waals surface area contributed by atoms with Crippen molar-refractivity contribution in [3.63, 3.8) is 0 Å². The van der Waals surface area contributed by atoms with E-state index in [9.17, 15) is 0 Å². The third kappa shape index (κ3) is 1.59. The van der Waals surface area contributed by atoms with Gasteiger partial charge in [-0.1, -0.05) is 17.3 Å². The Labute approximate surface area is 106 Å². The maximum absolute atomic E-state index is 4.16. The number of hydrogen-bond acceptors (Lipinski definition) is 2. The Bertz CT molecular complexity index is 628. The van der Waals surface area contributed by atoms with E-state index in [0.29, 0.717) is 0 Å². The summed E-state index contributed by atoms with van der Waals surface area (Å²) < 4.78 is 3.07. The van der Waals surface area contributed by atoms with E-state index in [-0.39, 0.29) is 0 Å². The Morgan fingerprint density at radius 2 is 1.69 bits per heavy atom. The highest BCUT2D eigenvalue weighted by molar-refractivity contribution is 14.1. The van der Waals surface area contributed by atoms with Crippen LogP contribution in [0.15, 0.2) is 48.5 Å². The van der Waals surface area contributed by atoms with Crippen LogP contribution in [0.2, 0.25) is 0 Å². The lowest BCUT2D eigenvalue weighted by Crippen LogP contribution is -1.95. The highest BCUT2D eigenvalue weighted by Crippen LogP contribution is 2.16. The van der Waals surface area contributed by atoms with E-state index in [2.05, 4.69) is 45.0 Å². The molecule has 0 aliphatic carbocycles. The van der Waals surface area contributed by atoms with Crippen LogP contribution in [0.3, 0.4) is 0 Å². The van der Waals surface area contributed by atoms with Crippen LogP contribution in [-0.4, -0.2) is 15.0 Å². The Balaban J connectivity index is 2.22. The van der Waals surface area contributed by atoms with Crippen LogP contribution in [0.4, 0.5) is 0 Å². The Morgan fingerprint density at radius 1 is 0.938 bits per heavy atom. The minimum absolute atomic E-state index is 0.918. The van der Waals surface area contributed by atoms with Crippen LogP contribution in [-0.2, 0) is 0 Å². The molecule has 3 nitrogen and oxygen atoms in total. The van der Waals surface area contributed by atoms with Crippen molar-refractivity contribution in [1.82, 2.24) is 15.0 Å². The van der Waals surface area contributed by atoms with Gasteiger partial charge in [0.15, 0.2) is 0 Å². The standard InChI is InChI=1S/C12H8IN3/c13-9-5-7-10(8-6-9)16-12-4-2-1-3-11(12)14-15-16/h1-8H. The summed E-state index contributed by atoms with van der Waals surface area (Å²) in [5.41, 5.74) is 2.99. The van der Waals surface area contributed by atoms with Gasteiger partial charge in [-0.15, -0.1) is 5.10 Å². The van der Waals surface area contributed by atoms with Crippen molar-refractivity contribution in [3.8, 4) is 5.69 Å². The third-order valence-corrected chi connectivity index (χ3v) is 3.14. The Morgan fingerprint density at radius 3 is 2.50 bits per heavy atom. The van der Waals surface area contributed by atoms with Gasteiger partial charge in [0.25, 0.3) is 0 Å². The van der Waals surface area contributed by atoms with Crippen molar-refractivity contribution < 1.29 is 0 Å². The van der Waals surface area contributed by atoms with Gasteiger partial charge in [0.1, 0.15) is 5.52 Å². The van der Waals surface area contributed by atoms with Crippen molar-refractivity contribution in [3.05, 3.63) is 52.1 Å². The van der Waals surface area contributed by atoms with Crippen molar-refractivity contribution in [2.75, 3.05) is 0 Å². The van der Waals surface area contributed by atoms with Crippen molar-refractivity contribution >= 4 is 33.6 Å². The second-order valence-electron chi connectivity index (χ2n) is 3.47. The van der Waals surface area contributed by atoms with E-state index in [4.69, 9.17) is 0 Å². The van der Waals surface area contributed by atoms with Gasteiger partial charge >= 0.3 is 0 Å². The summed E-state index contributed by atoms with van der Waals surface area (Å²) in [7, 11) is 0. The van der Waals surface area contributed by atoms with E-state index in [1.165, 1.54) is 3.57 Å². The number of nitrogens with zero attached hydrogens (tertiary/aromatic N) is 3. The van der Waals surface area contributed by atoms with Gasteiger partial charge in [-0.25, -0.2) is 4.68 Å². The predicted molar refractivity (Wildman–Crippen MR) is 71.6 cm³/mol. The molecule has 0 amide bonds. The molecule has 0 saturated carbocycles. The lowest BCUT2D eigenvalue weighted by Gasteiger charge is -2.01. The molecule has 0 spiro atoms. The zero-order chi connectivity index (χ0) is 11.0. The molecule has 0 bridgehead atoms. The zero-order valence-corrected chi connectivity index (χ0v) is 10.5. The fourth-order valence-corrected chi connectivity index (χ4v) is 2.00. The summed E-state index contributed by atoms with van der Waals surface area (Å²) >= 11 is 2.29. The van der Waals surface area contributed by atoms with Crippen molar-refractivity contribution in [1.29, 1.82) is 0 Å². The number of rotatable bonds is 1. The number of benzene rings is 2. The normalized spacial score (nSPS) is 10.8. The fraction of sp³-hybridized carbons (Fsp3) is 0. The van der Waals surface area contributed by atoms with E-state index in [0.717, 1.165) is 16.7 Å². The zero-order valence-electron chi connectivity index (χ0n) is 8.34. The predicted octanol–water partition coefficient (Wildman–Crippen LogP) is 3.03. The van der Waals surface area contributed by atoms with E-state index in [1.807, 2.05) is 41.1 Å². The summed E-state index contributed by atoms with van der Waals surface area (Å²) in [5.74, 6) is 0. The van der Waals surface area contributed by atoms with Gasteiger partial charge in [-0.2, -0.15) is 0 Å². The maximum atomic E-state index is 4.16. The molecule has 2 aromatic carbocycles. The molecule has 78 valence electrons. The number of fused-ring (bicyclic) bond motifs is 1. The van der Waals surface area contributed by atoms with Crippen LogP contribution in [0, 0.1) is 3.57 Å². The molecule has 0 radical (unpaired) electrons. The van der Waals surface area contributed by atoms with Gasteiger partial charge in [-0.05, 0) is 59.0 Å². The first kappa shape index (κ1) is 9.77. The maximum Gasteiger partial charge on any atom is 0.113 e. The van der Waals surface area contributed by atoms with Gasteiger partial charge < -0.3 is 0 Å². The van der Waals surface area contributed by atoms with Crippen molar-refractivity contribution in [2.24, 2.45) is 0 Å². The lowest BCUT2D eigenvalue weighted by molar-refractivity contribution is 0.824. The first-order valence-electron chi connectivity index (χ1n) is 4.91. The summed E-state index contributed by atoms with van der Waals surface area (Å²) in [6.45, 7) is 0. The molecule has 3 rings (SSSR count). The average molecular weight is 321 g/mol. The van der Waals surface area contributed by atoms with Crippen molar-refractivity contribution in [2.45, 2.75) is 0 Å². The van der Waals surface area contributed by atoms with Crippen LogP contribution in [0.5, 0.6) is 0 Å². The second-order valence-corrected chi connectivity index (χ2v) is 4.71. The molecule has 0 N–H and O–H groups in total. The van der Waals surface area contributed by atoms with Gasteiger partial charge in [0, 0.05) is 3.57 Å². The number of aromatic nitrogens is 3. The van der Waals surface area contributed by atoms with Crippen LogP contribution >= 0.6 is 22.6 Å². The SMILES string of the molecule is Ic1ccc(-n2nnc3ccccc32)cc1. The lowest BCUT2D eigenvalue weighted by atomic mass is 10.3. The first-order chi connectivity index (χ1) is 7.84. The second kappa shape index (κ2) is 3.86. The third-order valence-electron chi connectivity index (χ3n) is 2.42. The minimum atomic E-state index is 0.918. The molecule has 0 aliphatic rings. The Hall–Kier alpha value is -1.43. The summed E-state index contributed by atoms with van der Waals surface area (Å²) in [4.78, 5) is 0. The van der Waals surface area contributed by atoms with E-state index in [1.54, 1.807) is 0 Å². The highest BCUT2D eigenvalue weighted by Gasteiger charge is 2.04. The van der Waals surface area contributed by atoms with Gasteiger partial charge in [0.05, 0.1) is 11.2 Å². The number of hydrogen-bond donors (Lipinski definition) is 0. The summed E-state index contributed by atoms with van der Waals surface area (Å²) in [6, 6.07) is 16.2. The van der Waals surface area contributed by atoms with E-state index >= 15 is 0 Å². The topological polar surface area (TPSA) is 30.7 Å². The molecule has 1 aromatic heterocycles. The minimum Gasteiger partial charge on any atom is -0.213 e. The monoisotopic (exact) mass is 321 g/mol.